The summed E-state index contributed by atoms with van der Waals surface area (Å²) in [5.41, 5.74) is 0. The van der Waals surface area contributed by atoms with Gasteiger partial charge in [0, 0.05) is 22.8 Å². The Morgan fingerprint density at radius 1 is 1.50 bits per heavy atom. The molecule has 0 N–H and O–H groups in total. The largest absolute Gasteiger partial charge is 0.300 e. The van der Waals surface area contributed by atoms with Crippen LogP contribution in [0.5, 0.6) is 0 Å². The second-order valence-corrected chi connectivity index (χ2v) is 6.32. The molecular formula is C13H20BrNS. The van der Waals surface area contributed by atoms with Crippen molar-refractivity contribution in [3.63, 3.8) is 0 Å². The fourth-order valence-corrected chi connectivity index (χ4v) is 3.56. The van der Waals surface area contributed by atoms with Crippen LogP contribution in [0, 0.1) is 0 Å². The summed E-state index contributed by atoms with van der Waals surface area (Å²) in [5, 5.41) is 3.34. The SMILES string of the molecule is BrCCCC1CCCN1CCc1cccs1. The highest BCUT2D eigenvalue weighted by Gasteiger charge is 2.23. The van der Waals surface area contributed by atoms with Crippen molar-refractivity contribution in [3.8, 4) is 0 Å². The zero-order chi connectivity index (χ0) is 11.2. The molecule has 0 aromatic carbocycles. The van der Waals surface area contributed by atoms with E-state index in [1.54, 1.807) is 0 Å². The molecule has 1 aromatic heterocycles. The number of alkyl halides is 1. The molecule has 1 aliphatic heterocycles. The van der Waals surface area contributed by atoms with E-state index in [0.29, 0.717) is 0 Å². The Bertz CT molecular complexity index is 286. The molecule has 0 spiro atoms. The molecule has 0 aliphatic carbocycles. The molecule has 16 heavy (non-hydrogen) atoms. The molecule has 0 bridgehead atoms. The summed E-state index contributed by atoms with van der Waals surface area (Å²) in [4.78, 5) is 4.23. The Hall–Kier alpha value is 0.140. The van der Waals surface area contributed by atoms with Gasteiger partial charge >= 0.3 is 0 Å². The van der Waals surface area contributed by atoms with Crippen LogP contribution in [-0.2, 0) is 6.42 Å². The standard InChI is InChI=1S/C13H20BrNS/c14-8-1-4-12-5-2-9-15(12)10-7-13-6-3-11-16-13/h3,6,11-12H,1-2,4-5,7-10H2. The van der Waals surface area contributed by atoms with Crippen molar-refractivity contribution in [3.05, 3.63) is 22.4 Å². The highest BCUT2D eigenvalue weighted by molar-refractivity contribution is 9.09. The second kappa shape index (κ2) is 6.77. The van der Waals surface area contributed by atoms with Gasteiger partial charge in [0.2, 0.25) is 0 Å². The van der Waals surface area contributed by atoms with Gasteiger partial charge in [-0.25, -0.2) is 0 Å². The normalized spacial score (nSPS) is 21.7. The van der Waals surface area contributed by atoms with E-state index in [-0.39, 0.29) is 0 Å². The minimum Gasteiger partial charge on any atom is -0.300 e. The molecule has 0 radical (unpaired) electrons. The molecule has 0 saturated carbocycles. The summed E-state index contributed by atoms with van der Waals surface area (Å²) < 4.78 is 0. The number of hydrogen-bond acceptors (Lipinski definition) is 2. The van der Waals surface area contributed by atoms with E-state index < -0.39 is 0 Å². The molecule has 3 heteroatoms. The third-order valence-electron chi connectivity index (χ3n) is 3.40. The molecular weight excluding hydrogens is 282 g/mol. The summed E-state index contributed by atoms with van der Waals surface area (Å²) in [6, 6.07) is 5.28. The number of halogens is 1. The summed E-state index contributed by atoms with van der Waals surface area (Å²) >= 11 is 5.42. The first-order chi connectivity index (χ1) is 7.90. The van der Waals surface area contributed by atoms with Crippen molar-refractivity contribution < 1.29 is 0 Å². The maximum atomic E-state index is 3.53. The number of hydrogen-bond donors (Lipinski definition) is 0. The Kier molecular flexibility index (Phi) is 5.33. The van der Waals surface area contributed by atoms with Crippen LogP contribution in [0.15, 0.2) is 17.5 Å². The van der Waals surface area contributed by atoms with Crippen molar-refractivity contribution in [2.45, 2.75) is 38.1 Å². The average molecular weight is 302 g/mol. The first-order valence-electron chi connectivity index (χ1n) is 6.22. The Morgan fingerprint density at radius 2 is 2.44 bits per heavy atom. The minimum absolute atomic E-state index is 0.859. The molecule has 1 atom stereocenters. The van der Waals surface area contributed by atoms with Crippen LogP contribution in [0.1, 0.15) is 30.6 Å². The zero-order valence-electron chi connectivity index (χ0n) is 9.70. The fourth-order valence-electron chi connectivity index (χ4n) is 2.54. The Balaban J connectivity index is 1.75. The van der Waals surface area contributed by atoms with Gasteiger partial charge in [-0.1, -0.05) is 22.0 Å². The summed E-state index contributed by atoms with van der Waals surface area (Å²) in [5.74, 6) is 0. The number of thiophene rings is 1. The van der Waals surface area contributed by atoms with Gasteiger partial charge in [0.15, 0.2) is 0 Å². The minimum atomic E-state index is 0.859. The number of nitrogens with zero attached hydrogens (tertiary/aromatic N) is 1. The predicted molar refractivity (Wildman–Crippen MR) is 75.6 cm³/mol. The molecule has 1 aliphatic rings. The van der Waals surface area contributed by atoms with E-state index in [1.165, 1.54) is 50.1 Å². The molecule has 1 unspecified atom stereocenters. The van der Waals surface area contributed by atoms with Crippen molar-refractivity contribution >= 4 is 27.3 Å². The van der Waals surface area contributed by atoms with E-state index >= 15 is 0 Å². The van der Waals surface area contributed by atoms with Gasteiger partial charge in [0.1, 0.15) is 0 Å². The van der Waals surface area contributed by atoms with Crippen LogP contribution in [0.3, 0.4) is 0 Å². The van der Waals surface area contributed by atoms with Crippen molar-refractivity contribution in [1.29, 1.82) is 0 Å². The third kappa shape index (κ3) is 3.57. The summed E-state index contributed by atoms with van der Waals surface area (Å²) in [7, 11) is 0. The van der Waals surface area contributed by atoms with Gasteiger partial charge in [0.05, 0.1) is 0 Å². The van der Waals surface area contributed by atoms with Gasteiger partial charge < -0.3 is 4.90 Å². The molecule has 1 saturated heterocycles. The maximum Gasteiger partial charge on any atom is 0.00961 e. The molecule has 2 heterocycles. The monoisotopic (exact) mass is 301 g/mol. The van der Waals surface area contributed by atoms with Crippen molar-refractivity contribution in [2.24, 2.45) is 0 Å². The lowest BCUT2D eigenvalue weighted by Gasteiger charge is -2.23. The lowest BCUT2D eigenvalue weighted by atomic mass is 10.1. The van der Waals surface area contributed by atoms with Crippen LogP contribution in [0.25, 0.3) is 0 Å². The van der Waals surface area contributed by atoms with Crippen LogP contribution < -0.4 is 0 Å². The second-order valence-electron chi connectivity index (χ2n) is 4.49. The van der Waals surface area contributed by atoms with E-state index in [1.807, 2.05) is 11.3 Å². The van der Waals surface area contributed by atoms with Crippen LogP contribution in [0.2, 0.25) is 0 Å². The lowest BCUT2D eigenvalue weighted by molar-refractivity contribution is 0.245. The van der Waals surface area contributed by atoms with Crippen LogP contribution in [0.4, 0.5) is 0 Å². The first-order valence-corrected chi connectivity index (χ1v) is 8.22. The van der Waals surface area contributed by atoms with Gasteiger partial charge in [-0.3, -0.25) is 0 Å². The van der Waals surface area contributed by atoms with E-state index in [0.717, 1.165) is 11.4 Å². The molecule has 1 nitrogen and oxygen atoms in total. The van der Waals surface area contributed by atoms with Crippen LogP contribution >= 0.6 is 27.3 Å². The number of likely N-dealkylation sites (tertiary alicyclic amines) is 1. The Morgan fingerprint density at radius 3 is 3.19 bits per heavy atom. The fraction of sp³-hybridized carbons (Fsp3) is 0.692. The summed E-state index contributed by atoms with van der Waals surface area (Å²) in [6.45, 7) is 2.58. The summed E-state index contributed by atoms with van der Waals surface area (Å²) in [6.07, 6.45) is 6.74. The predicted octanol–water partition coefficient (Wildman–Crippen LogP) is 3.93. The molecule has 0 amide bonds. The molecule has 1 fully saturated rings. The van der Waals surface area contributed by atoms with E-state index in [9.17, 15) is 0 Å². The topological polar surface area (TPSA) is 3.24 Å². The average Bonchev–Trinajstić information content (AvgIpc) is 2.94. The zero-order valence-corrected chi connectivity index (χ0v) is 12.1. The van der Waals surface area contributed by atoms with Crippen molar-refractivity contribution in [1.82, 2.24) is 4.90 Å². The smallest absolute Gasteiger partial charge is 0.00961 e. The molecule has 1 aromatic rings. The van der Waals surface area contributed by atoms with Crippen molar-refractivity contribution in [2.75, 3.05) is 18.4 Å². The van der Waals surface area contributed by atoms with Gasteiger partial charge in [0.25, 0.3) is 0 Å². The first kappa shape index (κ1) is 12.6. The number of rotatable bonds is 6. The van der Waals surface area contributed by atoms with E-state index in [4.69, 9.17) is 0 Å². The highest BCUT2D eigenvalue weighted by Crippen LogP contribution is 2.22. The Labute approximate surface area is 111 Å². The van der Waals surface area contributed by atoms with Crippen LogP contribution in [-0.4, -0.2) is 29.4 Å². The third-order valence-corrected chi connectivity index (χ3v) is 4.89. The van der Waals surface area contributed by atoms with Gasteiger partial charge in [-0.2, -0.15) is 0 Å². The molecule has 90 valence electrons. The lowest BCUT2D eigenvalue weighted by Crippen LogP contribution is -2.31. The maximum absolute atomic E-state index is 3.53. The highest BCUT2D eigenvalue weighted by atomic mass is 79.9. The van der Waals surface area contributed by atoms with Gasteiger partial charge in [-0.05, 0) is 50.1 Å². The molecule has 2 rings (SSSR count). The van der Waals surface area contributed by atoms with Gasteiger partial charge in [-0.15, -0.1) is 11.3 Å². The quantitative estimate of drug-likeness (QED) is 0.720. The van der Waals surface area contributed by atoms with E-state index in [2.05, 4.69) is 38.3 Å².